The number of aliphatic hydroxyl groups is 1. The number of hydrogen-bond donors (Lipinski definition) is 3. The minimum atomic E-state index is -0.0859. The molecule has 1 fully saturated rings. The summed E-state index contributed by atoms with van der Waals surface area (Å²) in [5.74, 6) is 1.48. The Morgan fingerprint density at radius 2 is 2.33 bits per heavy atom. The Morgan fingerprint density at radius 1 is 1.60 bits per heavy atom. The highest BCUT2D eigenvalue weighted by Gasteiger charge is 2.26. The Hall–Kier alpha value is -1.29. The number of nitrogens with two attached hydrogens (primary N) is 1. The number of aryl methyl sites for hydroxylation is 1. The van der Waals surface area contributed by atoms with Crippen LogP contribution in [0.1, 0.15) is 18.4 Å². The van der Waals surface area contributed by atoms with Crippen LogP contribution in [-0.2, 0) is 0 Å². The van der Waals surface area contributed by atoms with E-state index < -0.39 is 0 Å². The number of anilines is 2. The summed E-state index contributed by atoms with van der Waals surface area (Å²) in [5, 5.41) is 12.4. The van der Waals surface area contributed by atoms with Crippen molar-refractivity contribution in [1.29, 1.82) is 0 Å². The van der Waals surface area contributed by atoms with Crippen LogP contribution < -0.4 is 11.1 Å². The Labute approximate surface area is 89.5 Å². The number of rotatable bonds is 3. The van der Waals surface area contributed by atoms with Crippen molar-refractivity contribution in [2.75, 3.05) is 17.6 Å². The van der Waals surface area contributed by atoms with E-state index in [4.69, 9.17) is 10.8 Å². The smallest absolute Gasteiger partial charge is 0.129 e. The van der Waals surface area contributed by atoms with E-state index in [9.17, 15) is 0 Å². The van der Waals surface area contributed by atoms with Crippen LogP contribution >= 0.6 is 0 Å². The van der Waals surface area contributed by atoms with Gasteiger partial charge in [0, 0.05) is 6.54 Å². The average Bonchev–Trinajstić information content (AvgIpc) is 2.13. The van der Waals surface area contributed by atoms with Crippen LogP contribution in [0.15, 0.2) is 12.3 Å². The predicted molar refractivity (Wildman–Crippen MR) is 60.6 cm³/mol. The van der Waals surface area contributed by atoms with Gasteiger partial charge in [-0.1, -0.05) is 0 Å². The van der Waals surface area contributed by atoms with Gasteiger partial charge >= 0.3 is 0 Å². The molecule has 1 aliphatic rings. The average molecular weight is 207 g/mol. The monoisotopic (exact) mass is 207 g/mol. The third-order valence-corrected chi connectivity index (χ3v) is 2.87. The van der Waals surface area contributed by atoms with E-state index in [0.717, 1.165) is 30.8 Å². The molecule has 0 bridgehead atoms. The molecule has 2 rings (SSSR count). The number of pyridine rings is 1. The van der Waals surface area contributed by atoms with Crippen LogP contribution in [0.25, 0.3) is 0 Å². The van der Waals surface area contributed by atoms with Crippen LogP contribution in [0.5, 0.6) is 0 Å². The third kappa shape index (κ3) is 2.39. The SMILES string of the molecule is Cc1cc(N)cnc1NCC1CC(O)C1. The lowest BCUT2D eigenvalue weighted by Gasteiger charge is -2.31. The minimum absolute atomic E-state index is 0.0859. The second-order valence-electron chi connectivity index (χ2n) is 4.31. The van der Waals surface area contributed by atoms with Gasteiger partial charge in [0.05, 0.1) is 18.0 Å². The molecule has 1 aromatic rings. The molecule has 1 aromatic heterocycles. The number of aliphatic hydroxyl groups excluding tert-OH is 1. The molecular formula is C11H17N3O. The zero-order valence-corrected chi connectivity index (χ0v) is 8.90. The second kappa shape index (κ2) is 4.06. The maximum absolute atomic E-state index is 9.15. The molecule has 15 heavy (non-hydrogen) atoms. The number of nitrogens with zero attached hydrogens (tertiary/aromatic N) is 1. The van der Waals surface area contributed by atoms with E-state index in [1.54, 1.807) is 6.20 Å². The van der Waals surface area contributed by atoms with E-state index in [2.05, 4.69) is 10.3 Å². The normalized spacial score (nSPS) is 24.7. The summed E-state index contributed by atoms with van der Waals surface area (Å²) < 4.78 is 0. The molecule has 1 aliphatic carbocycles. The summed E-state index contributed by atoms with van der Waals surface area (Å²) in [6.45, 7) is 2.87. The molecule has 0 spiro atoms. The van der Waals surface area contributed by atoms with Crippen molar-refractivity contribution in [3.63, 3.8) is 0 Å². The van der Waals surface area contributed by atoms with Gasteiger partial charge in [-0.15, -0.1) is 0 Å². The van der Waals surface area contributed by atoms with Gasteiger partial charge in [-0.05, 0) is 37.3 Å². The summed E-state index contributed by atoms with van der Waals surface area (Å²) in [7, 11) is 0. The summed E-state index contributed by atoms with van der Waals surface area (Å²) >= 11 is 0. The van der Waals surface area contributed by atoms with E-state index in [-0.39, 0.29) is 6.10 Å². The minimum Gasteiger partial charge on any atom is -0.397 e. The van der Waals surface area contributed by atoms with Gasteiger partial charge < -0.3 is 16.2 Å². The Bertz CT molecular complexity index is 348. The fraction of sp³-hybridized carbons (Fsp3) is 0.545. The van der Waals surface area contributed by atoms with Gasteiger partial charge in [-0.25, -0.2) is 4.98 Å². The standard InChI is InChI=1S/C11H17N3O/c1-7-2-9(12)6-14-11(7)13-5-8-3-10(15)4-8/h2,6,8,10,15H,3-5,12H2,1H3,(H,13,14). The molecule has 82 valence electrons. The molecule has 1 heterocycles. The van der Waals surface area contributed by atoms with Crippen molar-refractivity contribution < 1.29 is 5.11 Å². The molecule has 0 saturated heterocycles. The lowest BCUT2D eigenvalue weighted by atomic mass is 9.82. The molecule has 4 N–H and O–H groups in total. The van der Waals surface area contributed by atoms with Gasteiger partial charge in [-0.2, -0.15) is 0 Å². The fourth-order valence-electron chi connectivity index (χ4n) is 1.89. The largest absolute Gasteiger partial charge is 0.397 e. The van der Waals surface area contributed by atoms with Crippen molar-refractivity contribution in [2.45, 2.75) is 25.9 Å². The zero-order valence-electron chi connectivity index (χ0n) is 8.90. The first-order chi connectivity index (χ1) is 7.15. The van der Waals surface area contributed by atoms with Gasteiger partial charge in [0.2, 0.25) is 0 Å². The van der Waals surface area contributed by atoms with E-state index in [0.29, 0.717) is 11.6 Å². The molecular weight excluding hydrogens is 190 g/mol. The molecule has 0 unspecified atom stereocenters. The molecule has 0 atom stereocenters. The maximum Gasteiger partial charge on any atom is 0.129 e. The highest BCUT2D eigenvalue weighted by atomic mass is 16.3. The van der Waals surface area contributed by atoms with Crippen LogP contribution in [0.2, 0.25) is 0 Å². The van der Waals surface area contributed by atoms with Crippen LogP contribution in [0, 0.1) is 12.8 Å². The second-order valence-corrected chi connectivity index (χ2v) is 4.31. The van der Waals surface area contributed by atoms with Gasteiger partial charge in [0.25, 0.3) is 0 Å². The van der Waals surface area contributed by atoms with Gasteiger partial charge in [0.15, 0.2) is 0 Å². The Morgan fingerprint density at radius 3 is 2.93 bits per heavy atom. The van der Waals surface area contributed by atoms with E-state index in [1.807, 2.05) is 13.0 Å². The number of aromatic nitrogens is 1. The Balaban J connectivity index is 1.88. The molecule has 0 aromatic carbocycles. The van der Waals surface area contributed by atoms with Crippen molar-refractivity contribution in [2.24, 2.45) is 5.92 Å². The summed E-state index contributed by atoms with van der Waals surface area (Å²) in [4.78, 5) is 4.23. The van der Waals surface area contributed by atoms with Gasteiger partial charge in [0.1, 0.15) is 5.82 Å². The van der Waals surface area contributed by atoms with Crippen molar-refractivity contribution in [3.8, 4) is 0 Å². The lowest BCUT2D eigenvalue weighted by Crippen LogP contribution is -2.33. The first-order valence-corrected chi connectivity index (χ1v) is 5.29. The zero-order chi connectivity index (χ0) is 10.8. The van der Waals surface area contributed by atoms with Crippen molar-refractivity contribution >= 4 is 11.5 Å². The Kier molecular flexibility index (Phi) is 2.77. The van der Waals surface area contributed by atoms with Crippen LogP contribution in [0.3, 0.4) is 0 Å². The van der Waals surface area contributed by atoms with Gasteiger partial charge in [-0.3, -0.25) is 0 Å². The highest BCUT2D eigenvalue weighted by molar-refractivity contribution is 5.50. The lowest BCUT2D eigenvalue weighted by molar-refractivity contribution is 0.0486. The first-order valence-electron chi connectivity index (χ1n) is 5.29. The predicted octanol–water partition coefficient (Wildman–Crippen LogP) is 1.16. The van der Waals surface area contributed by atoms with E-state index in [1.165, 1.54) is 0 Å². The highest BCUT2D eigenvalue weighted by Crippen LogP contribution is 2.27. The van der Waals surface area contributed by atoms with E-state index >= 15 is 0 Å². The molecule has 0 radical (unpaired) electrons. The summed E-state index contributed by atoms with van der Waals surface area (Å²) in [6.07, 6.45) is 3.38. The van der Waals surface area contributed by atoms with Crippen molar-refractivity contribution in [1.82, 2.24) is 4.98 Å². The first kappa shape index (κ1) is 10.2. The van der Waals surface area contributed by atoms with Crippen LogP contribution in [0.4, 0.5) is 11.5 Å². The molecule has 1 saturated carbocycles. The summed E-state index contributed by atoms with van der Waals surface area (Å²) in [5.41, 5.74) is 7.37. The van der Waals surface area contributed by atoms with Crippen molar-refractivity contribution in [3.05, 3.63) is 17.8 Å². The van der Waals surface area contributed by atoms with Crippen LogP contribution in [-0.4, -0.2) is 22.7 Å². The molecule has 4 nitrogen and oxygen atoms in total. The topological polar surface area (TPSA) is 71.2 Å². The number of nitrogen functional groups attached to an aromatic ring is 1. The number of nitrogens with one attached hydrogen (secondary N) is 1. The number of hydrogen-bond acceptors (Lipinski definition) is 4. The molecule has 0 aliphatic heterocycles. The third-order valence-electron chi connectivity index (χ3n) is 2.87. The summed E-state index contributed by atoms with van der Waals surface area (Å²) in [6, 6.07) is 1.91. The fourth-order valence-corrected chi connectivity index (χ4v) is 1.89. The maximum atomic E-state index is 9.15. The quantitative estimate of drug-likeness (QED) is 0.695. The molecule has 4 heteroatoms. The molecule has 0 amide bonds.